The van der Waals surface area contributed by atoms with Crippen LogP contribution in [0.2, 0.25) is 0 Å². The number of rotatable bonds is 4. The zero-order valence-corrected chi connectivity index (χ0v) is 12.7. The normalized spacial score (nSPS) is 15.9. The quantitative estimate of drug-likeness (QED) is 0.843. The van der Waals surface area contributed by atoms with Crippen molar-refractivity contribution in [1.82, 2.24) is 20.2 Å². The molecule has 8 heteroatoms. The molecule has 0 radical (unpaired) electrons. The molecule has 0 N–H and O–H groups in total. The first kappa shape index (κ1) is 13.0. The summed E-state index contributed by atoms with van der Waals surface area (Å²) in [6, 6.07) is 4.20. The Hall–Kier alpha value is -0.990. The molecule has 0 atom stereocenters. The number of aryl methyl sites for hydroxylation is 2. The van der Waals surface area contributed by atoms with Gasteiger partial charge >= 0.3 is 0 Å². The van der Waals surface area contributed by atoms with Gasteiger partial charge in [0.1, 0.15) is 0 Å². The molecule has 3 heterocycles. The second-order valence-corrected chi connectivity index (χ2v) is 6.80. The Labute approximate surface area is 123 Å². The van der Waals surface area contributed by atoms with Gasteiger partial charge in [0.2, 0.25) is 5.95 Å². The summed E-state index contributed by atoms with van der Waals surface area (Å²) in [5.41, 5.74) is 0. The van der Waals surface area contributed by atoms with Crippen LogP contribution >= 0.6 is 27.3 Å². The Bertz CT molecular complexity index is 537. The van der Waals surface area contributed by atoms with Gasteiger partial charge in [0.05, 0.1) is 23.5 Å². The summed E-state index contributed by atoms with van der Waals surface area (Å²) in [4.78, 5) is 3.50. The Balaban J connectivity index is 1.66. The van der Waals surface area contributed by atoms with Gasteiger partial charge < -0.3 is 9.64 Å². The monoisotopic (exact) mass is 343 g/mol. The lowest BCUT2D eigenvalue weighted by molar-refractivity contribution is 0.121. The van der Waals surface area contributed by atoms with Gasteiger partial charge in [0.15, 0.2) is 0 Å². The van der Waals surface area contributed by atoms with E-state index in [1.54, 1.807) is 11.3 Å². The van der Waals surface area contributed by atoms with E-state index in [1.807, 2.05) is 4.68 Å². The van der Waals surface area contributed by atoms with Crippen molar-refractivity contribution in [3.05, 3.63) is 20.8 Å². The lowest BCUT2D eigenvalue weighted by Gasteiger charge is -2.26. The number of ether oxygens (including phenoxy) is 1. The number of hydrogen-bond acceptors (Lipinski definition) is 6. The Morgan fingerprint density at radius 3 is 2.89 bits per heavy atom. The van der Waals surface area contributed by atoms with Gasteiger partial charge in [-0.1, -0.05) is 5.10 Å². The topological polar surface area (TPSA) is 56.1 Å². The van der Waals surface area contributed by atoms with Crippen LogP contribution in [0.15, 0.2) is 15.9 Å². The van der Waals surface area contributed by atoms with Gasteiger partial charge in [0, 0.05) is 24.4 Å². The number of hydrogen-bond donors (Lipinski definition) is 0. The van der Waals surface area contributed by atoms with Crippen LogP contribution in [0, 0.1) is 0 Å². The van der Waals surface area contributed by atoms with Crippen molar-refractivity contribution in [2.24, 2.45) is 0 Å². The summed E-state index contributed by atoms with van der Waals surface area (Å²) in [5.74, 6) is 0.846. The first-order valence-corrected chi connectivity index (χ1v) is 7.77. The third-order valence-corrected chi connectivity index (χ3v) is 4.69. The molecule has 0 bridgehead atoms. The second kappa shape index (κ2) is 5.98. The molecule has 0 aromatic carbocycles. The first-order chi connectivity index (χ1) is 9.33. The summed E-state index contributed by atoms with van der Waals surface area (Å²) in [6.07, 6.45) is 0.943. The van der Waals surface area contributed by atoms with Crippen molar-refractivity contribution in [2.75, 3.05) is 31.2 Å². The molecule has 6 nitrogen and oxygen atoms in total. The predicted octanol–water partition coefficient (Wildman–Crippen LogP) is 1.58. The summed E-state index contributed by atoms with van der Waals surface area (Å²) in [7, 11) is 0. The predicted molar refractivity (Wildman–Crippen MR) is 76.6 cm³/mol. The van der Waals surface area contributed by atoms with Gasteiger partial charge in [-0.3, -0.25) is 0 Å². The fourth-order valence-corrected chi connectivity index (χ4v) is 3.51. The maximum Gasteiger partial charge on any atom is 0.245 e. The second-order valence-electron chi connectivity index (χ2n) is 4.26. The molecular weight excluding hydrogens is 330 g/mol. The number of halogens is 1. The fourth-order valence-electron chi connectivity index (χ4n) is 2.04. The minimum absolute atomic E-state index is 0.741. The van der Waals surface area contributed by atoms with Gasteiger partial charge in [-0.15, -0.1) is 11.3 Å². The van der Waals surface area contributed by atoms with Crippen LogP contribution in [-0.2, 0) is 17.7 Å². The van der Waals surface area contributed by atoms with Crippen LogP contribution < -0.4 is 4.90 Å². The number of anilines is 1. The Kier molecular flexibility index (Phi) is 4.09. The third kappa shape index (κ3) is 3.13. The maximum atomic E-state index is 5.35. The lowest BCUT2D eigenvalue weighted by atomic mass is 10.3. The molecule has 1 fully saturated rings. The summed E-state index contributed by atoms with van der Waals surface area (Å²) < 4.78 is 8.38. The standard InChI is InChI=1S/C11H14BrN5OS/c12-10-2-1-9(19-10)3-4-17-11(13-14-15-17)16-5-7-18-8-6-16/h1-2H,3-8H2. The molecule has 0 aliphatic carbocycles. The molecule has 1 aliphatic rings. The number of tetrazole rings is 1. The van der Waals surface area contributed by atoms with Crippen LogP contribution in [0.25, 0.3) is 0 Å². The minimum atomic E-state index is 0.741. The van der Waals surface area contributed by atoms with Crippen LogP contribution in [-0.4, -0.2) is 46.5 Å². The number of morpholine rings is 1. The molecule has 0 saturated carbocycles. The average Bonchev–Trinajstić information content (AvgIpc) is 3.06. The van der Waals surface area contributed by atoms with Crippen LogP contribution in [0.5, 0.6) is 0 Å². The van der Waals surface area contributed by atoms with Crippen molar-refractivity contribution < 1.29 is 4.74 Å². The lowest BCUT2D eigenvalue weighted by Crippen LogP contribution is -2.38. The molecule has 102 valence electrons. The van der Waals surface area contributed by atoms with E-state index in [2.05, 4.69) is 48.5 Å². The van der Waals surface area contributed by atoms with Gasteiger partial charge in [-0.25, -0.2) is 4.68 Å². The zero-order chi connectivity index (χ0) is 13.1. The summed E-state index contributed by atoms with van der Waals surface area (Å²) in [5, 5.41) is 12.0. The van der Waals surface area contributed by atoms with Crippen molar-refractivity contribution in [1.29, 1.82) is 0 Å². The molecule has 3 rings (SSSR count). The Morgan fingerprint density at radius 1 is 1.32 bits per heavy atom. The molecule has 1 aliphatic heterocycles. The van der Waals surface area contributed by atoms with Gasteiger partial charge in [-0.05, 0) is 38.5 Å². The van der Waals surface area contributed by atoms with E-state index in [0.29, 0.717) is 0 Å². The molecule has 0 spiro atoms. The van der Waals surface area contributed by atoms with Crippen molar-refractivity contribution in [3.63, 3.8) is 0 Å². The van der Waals surface area contributed by atoms with E-state index in [1.165, 1.54) is 4.88 Å². The van der Waals surface area contributed by atoms with Crippen molar-refractivity contribution in [2.45, 2.75) is 13.0 Å². The molecule has 1 saturated heterocycles. The number of nitrogens with zero attached hydrogens (tertiary/aromatic N) is 5. The van der Waals surface area contributed by atoms with Gasteiger partial charge in [-0.2, -0.15) is 0 Å². The minimum Gasteiger partial charge on any atom is -0.378 e. The van der Waals surface area contributed by atoms with Crippen LogP contribution in [0.1, 0.15) is 4.88 Å². The Morgan fingerprint density at radius 2 is 2.16 bits per heavy atom. The summed E-state index contributed by atoms with van der Waals surface area (Å²) >= 11 is 5.23. The van der Waals surface area contributed by atoms with Gasteiger partial charge in [0.25, 0.3) is 0 Å². The largest absolute Gasteiger partial charge is 0.378 e. The first-order valence-electron chi connectivity index (χ1n) is 6.16. The highest BCUT2D eigenvalue weighted by Crippen LogP contribution is 2.23. The smallest absolute Gasteiger partial charge is 0.245 e. The van der Waals surface area contributed by atoms with E-state index in [4.69, 9.17) is 4.74 Å². The van der Waals surface area contributed by atoms with E-state index in [-0.39, 0.29) is 0 Å². The molecule has 19 heavy (non-hydrogen) atoms. The van der Waals surface area contributed by atoms with E-state index in [9.17, 15) is 0 Å². The van der Waals surface area contributed by atoms with Crippen LogP contribution in [0.4, 0.5) is 5.95 Å². The maximum absolute atomic E-state index is 5.35. The van der Waals surface area contributed by atoms with E-state index in [0.717, 1.165) is 49.0 Å². The molecule has 2 aromatic heterocycles. The molecule has 0 unspecified atom stereocenters. The highest BCUT2D eigenvalue weighted by atomic mass is 79.9. The number of aromatic nitrogens is 4. The SMILES string of the molecule is Brc1ccc(CCn2nnnc2N2CCOCC2)s1. The van der Waals surface area contributed by atoms with E-state index >= 15 is 0 Å². The summed E-state index contributed by atoms with van der Waals surface area (Å²) in [6.45, 7) is 3.98. The number of thiophene rings is 1. The average molecular weight is 344 g/mol. The van der Waals surface area contributed by atoms with Crippen molar-refractivity contribution in [3.8, 4) is 0 Å². The van der Waals surface area contributed by atoms with Crippen LogP contribution in [0.3, 0.4) is 0 Å². The third-order valence-electron chi connectivity index (χ3n) is 3.01. The molecule has 2 aromatic rings. The highest BCUT2D eigenvalue weighted by Gasteiger charge is 2.17. The fraction of sp³-hybridized carbons (Fsp3) is 0.545. The molecular formula is C11H14BrN5OS. The van der Waals surface area contributed by atoms with Crippen molar-refractivity contribution >= 4 is 33.2 Å². The zero-order valence-electron chi connectivity index (χ0n) is 10.3. The molecule has 0 amide bonds. The van der Waals surface area contributed by atoms with E-state index < -0.39 is 0 Å². The highest BCUT2D eigenvalue weighted by molar-refractivity contribution is 9.11.